The van der Waals surface area contributed by atoms with Crippen molar-refractivity contribution in [3.8, 4) is 11.1 Å². The Balaban J connectivity index is 1.06. The number of nitrogens with one attached hydrogen (secondary N) is 1. The molecule has 1 aromatic heterocycles. The highest BCUT2D eigenvalue weighted by molar-refractivity contribution is 5.84. The van der Waals surface area contributed by atoms with Crippen molar-refractivity contribution in [3.05, 3.63) is 106 Å². The number of likely N-dealkylation sites (tertiary alicyclic amines) is 1. The molecule has 4 aromatic rings. The number of nitrogens with zero attached hydrogens (tertiary/aromatic N) is 2. The van der Waals surface area contributed by atoms with Gasteiger partial charge in [0.2, 0.25) is 0 Å². The molecule has 6 rings (SSSR count). The Morgan fingerprint density at radius 1 is 0.889 bits per heavy atom. The Bertz CT molecular complexity index is 1470. The zero-order valence-electron chi connectivity index (χ0n) is 20.1. The lowest BCUT2D eigenvalue weighted by Crippen LogP contribution is -2.43. The summed E-state index contributed by atoms with van der Waals surface area (Å²) in [6.07, 6.45) is 2.03. The predicted molar refractivity (Wildman–Crippen MR) is 139 cm³/mol. The molecule has 1 fully saturated rings. The molecule has 0 aliphatic carbocycles. The van der Waals surface area contributed by atoms with E-state index in [1.54, 1.807) is 28.8 Å². The van der Waals surface area contributed by atoms with Crippen LogP contribution in [0.4, 0.5) is 8.78 Å². The fraction of sp³-hybridized carbons (Fsp3) is 0.300. The largest absolute Gasteiger partial charge is 0.310 e. The second-order valence-electron chi connectivity index (χ2n) is 10.0. The van der Waals surface area contributed by atoms with Crippen LogP contribution in [0.3, 0.4) is 0 Å². The van der Waals surface area contributed by atoms with E-state index in [0.717, 1.165) is 61.1 Å². The second kappa shape index (κ2) is 9.60. The van der Waals surface area contributed by atoms with Crippen LogP contribution >= 0.6 is 0 Å². The van der Waals surface area contributed by atoms with Crippen LogP contribution in [0.5, 0.6) is 0 Å². The van der Waals surface area contributed by atoms with Gasteiger partial charge in [-0.05, 0) is 72.8 Å². The van der Waals surface area contributed by atoms with Gasteiger partial charge in [-0.1, -0.05) is 36.4 Å². The Labute approximate surface area is 209 Å². The first-order chi connectivity index (χ1) is 17.6. The Kier molecular flexibility index (Phi) is 6.15. The van der Waals surface area contributed by atoms with Gasteiger partial charge in [-0.2, -0.15) is 0 Å². The standard InChI is InChI=1S/C30H29F2N3O/c31-26-7-2-1-6-25(26)22-5-3-4-20(16-22)17-33-24-12-14-34(15-13-24)18-23-19-35-28(36)11-9-21-8-10-27(32)29(23)30(21)35/h1-11,16,23-24,33H,12-15,17-19H2. The summed E-state index contributed by atoms with van der Waals surface area (Å²) in [6, 6.07) is 22.0. The van der Waals surface area contributed by atoms with Crippen molar-refractivity contribution < 1.29 is 8.78 Å². The highest BCUT2D eigenvalue weighted by Gasteiger charge is 2.31. The van der Waals surface area contributed by atoms with Crippen LogP contribution in [0.15, 0.2) is 77.6 Å². The molecule has 0 bridgehead atoms. The van der Waals surface area contributed by atoms with Crippen LogP contribution in [0.25, 0.3) is 22.0 Å². The summed E-state index contributed by atoms with van der Waals surface area (Å²) in [5.41, 5.74) is 4.05. The van der Waals surface area contributed by atoms with Crippen molar-refractivity contribution >= 4 is 10.9 Å². The zero-order chi connectivity index (χ0) is 24.6. The van der Waals surface area contributed by atoms with Gasteiger partial charge in [0, 0.05) is 48.8 Å². The van der Waals surface area contributed by atoms with Crippen molar-refractivity contribution in [3.63, 3.8) is 0 Å². The smallest absolute Gasteiger partial charge is 0.251 e. The van der Waals surface area contributed by atoms with E-state index in [4.69, 9.17) is 0 Å². The van der Waals surface area contributed by atoms with Crippen LogP contribution in [0.2, 0.25) is 0 Å². The normalized spacial score (nSPS) is 18.2. The Morgan fingerprint density at radius 2 is 1.69 bits per heavy atom. The maximum absolute atomic E-state index is 14.8. The van der Waals surface area contributed by atoms with E-state index < -0.39 is 0 Å². The van der Waals surface area contributed by atoms with Crippen molar-refractivity contribution in [1.82, 2.24) is 14.8 Å². The third-order valence-corrected chi connectivity index (χ3v) is 7.72. The van der Waals surface area contributed by atoms with E-state index in [0.29, 0.717) is 23.7 Å². The fourth-order valence-electron chi connectivity index (χ4n) is 5.87. The molecule has 0 spiro atoms. The molecule has 184 valence electrons. The number of halogens is 2. The molecule has 36 heavy (non-hydrogen) atoms. The van der Waals surface area contributed by atoms with Crippen molar-refractivity contribution in [2.45, 2.75) is 37.9 Å². The summed E-state index contributed by atoms with van der Waals surface area (Å²) in [5.74, 6) is -0.422. The topological polar surface area (TPSA) is 37.3 Å². The van der Waals surface area contributed by atoms with Gasteiger partial charge in [0.25, 0.3) is 5.56 Å². The van der Waals surface area contributed by atoms with Crippen LogP contribution in [0, 0.1) is 11.6 Å². The molecule has 0 amide bonds. The van der Waals surface area contributed by atoms with Crippen LogP contribution in [0.1, 0.15) is 29.9 Å². The Morgan fingerprint density at radius 3 is 2.53 bits per heavy atom. The summed E-state index contributed by atoms with van der Waals surface area (Å²) < 4.78 is 30.7. The molecule has 0 saturated carbocycles. The summed E-state index contributed by atoms with van der Waals surface area (Å²) in [7, 11) is 0. The van der Waals surface area contributed by atoms with E-state index in [9.17, 15) is 13.6 Å². The average Bonchev–Trinajstić information content (AvgIpc) is 3.29. The molecule has 1 atom stereocenters. The summed E-state index contributed by atoms with van der Waals surface area (Å²) >= 11 is 0. The molecule has 1 N–H and O–H groups in total. The first-order valence-corrected chi connectivity index (χ1v) is 12.7. The summed E-state index contributed by atoms with van der Waals surface area (Å²) in [5, 5.41) is 4.59. The summed E-state index contributed by atoms with van der Waals surface area (Å²) in [6.45, 7) is 3.91. The third-order valence-electron chi connectivity index (χ3n) is 7.72. The number of pyridine rings is 1. The lowest BCUT2D eigenvalue weighted by atomic mass is 9.96. The molecule has 2 aliphatic rings. The van der Waals surface area contributed by atoms with Gasteiger partial charge in [-0.25, -0.2) is 8.78 Å². The minimum Gasteiger partial charge on any atom is -0.310 e. The molecule has 3 heterocycles. The number of hydrogen-bond acceptors (Lipinski definition) is 3. The molecular formula is C30H29F2N3O. The van der Waals surface area contributed by atoms with E-state index in [-0.39, 0.29) is 23.1 Å². The minimum atomic E-state index is -0.210. The molecule has 1 unspecified atom stereocenters. The monoisotopic (exact) mass is 485 g/mol. The average molecular weight is 486 g/mol. The number of aromatic nitrogens is 1. The second-order valence-corrected chi connectivity index (χ2v) is 10.0. The molecule has 1 saturated heterocycles. The maximum atomic E-state index is 14.8. The first kappa shape index (κ1) is 23.1. The Hall–Kier alpha value is -3.35. The lowest BCUT2D eigenvalue weighted by molar-refractivity contribution is 0.184. The number of hydrogen-bond donors (Lipinski definition) is 1. The minimum absolute atomic E-state index is 0.00516. The van der Waals surface area contributed by atoms with Crippen LogP contribution < -0.4 is 10.9 Å². The SMILES string of the molecule is O=c1ccc2ccc(F)c3c2n1CC3CN1CCC(NCc2cccc(-c3ccccc3F)c2)CC1. The van der Waals surface area contributed by atoms with Gasteiger partial charge in [-0.3, -0.25) is 4.79 Å². The van der Waals surface area contributed by atoms with E-state index in [1.165, 1.54) is 12.1 Å². The highest BCUT2D eigenvalue weighted by Crippen LogP contribution is 2.35. The van der Waals surface area contributed by atoms with E-state index in [2.05, 4.69) is 22.3 Å². The molecule has 0 radical (unpaired) electrons. The van der Waals surface area contributed by atoms with Gasteiger partial charge < -0.3 is 14.8 Å². The third kappa shape index (κ3) is 4.36. The van der Waals surface area contributed by atoms with Crippen molar-refractivity contribution in [2.24, 2.45) is 0 Å². The number of benzene rings is 3. The van der Waals surface area contributed by atoms with Gasteiger partial charge >= 0.3 is 0 Å². The van der Waals surface area contributed by atoms with Gasteiger partial charge in [-0.15, -0.1) is 0 Å². The molecule has 2 aliphatic heterocycles. The van der Waals surface area contributed by atoms with Crippen molar-refractivity contribution in [1.29, 1.82) is 0 Å². The molecule has 6 heteroatoms. The zero-order valence-corrected chi connectivity index (χ0v) is 20.1. The van der Waals surface area contributed by atoms with Gasteiger partial charge in [0.15, 0.2) is 0 Å². The number of piperidine rings is 1. The van der Waals surface area contributed by atoms with Crippen molar-refractivity contribution in [2.75, 3.05) is 19.6 Å². The molecule has 3 aromatic carbocycles. The number of rotatable bonds is 6. The fourth-order valence-corrected chi connectivity index (χ4v) is 5.87. The van der Waals surface area contributed by atoms with Gasteiger partial charge in [0.1, 0.15) is 11.6 Å². The predicted octanol–water partition coefficient (Wildman–Crippen LogP) is 5.30. The molecular weight excluding hydrogens is 456 g/mol. The van der Waals surface area contributed by atoms with Crippen LogP contribution in [-0.4, -0.2) is 35.1 Å². The highest BCUT2D eigenvalue weighted by atomic mass is 19.1. The summed E-state index contributed by atoms with van der Waals surface area (Å²) in [4.78, 5) is 14.8. The van der Waals surface area contributed by atoms with E-state index in [1.807, 2.05) is 24.3 Å². The first-order valence-electron chi connectivity index (χ1n) is 12.7. The van der Waals surface area contributed by atoms with Crippen LogP contribution in [-0.2, 0) is 13.1 Å². The van der Waals surface area contributed by atoms with Gasteiger partial charge in [0.05, 0.1) is 5.52 Å². The lowest BCUT2D eigenvalue weighted by Gasteiger charge is -2.34. The van der Waals surface area contributed by atoms with E-state index >= 15 is 0 Å². The quantitative estimate of drug-likeness (QED) is 0.403. The molecule has 4 nitrogen and oxygen atoms in total. The maximum Gasteiger partial charge on any atom is 0.251 e.